The lowest BCUT2D eigenvalue weighted by Gasteiger charge is -2.35. The van der Waals surface area contributed by atoms with Crippen LogP contribution in [0.25, 0.3) is 0 Å². The molecule has 31 heavy (non-hydrogen) atoms. The fraction of sp³-hybridized carbons (Fsp3) is 0.565. The van der Waals surface area contributed by atoms with Crippen molar-refractivity contribution in [1.82, 2.24) is 19.6 Å². The number of hydrogen-bond acceptors (Lipinski definition) is 6. The summed E-state index contributed by atoms with van der Waals surface area (Å²) in [5.74, 6) is 1.36. The van der Waals surface area contributed by atoms with E-state index in [1.54, 1.807) is 7.11 Å². The van der Waals surface area contributed by atoms with Gasteiger partial charge in [0.05, 0.1) is 38.0 Å². The van der Waals surface area contributed by atoms with E-state index in [9.17, 15) is 4.79 Å². The number of fused-ring (bicyclic) bond motifs is 1. The molecule has 2 aliphatic heterocycles. The highest BCUT2D eigenvalue weighted by Gasteiger charge is 2.36. The molecular weight excluding hydrogens is 396 g/mol. The predicted octanol–water partition coefficient (Wildman–Crippen LogP) is 2.17. The molecule has 1 aromatic heterocycles. The number of nitrogens with zero attached hydrogens (tertiary/aromatic N) is 4. The van der Waals surface area contributed by atoms with Gasteiger partial charge in [0.2, 0.25) is 5.91 Å². The molecule has 2 aromatic rings. The van der Waals surface area contributed by atoms with Gasteiger partial charge in [0, 0.05) is 51.5 Å². The Kier molecular flexibility index (Phi) is 6.48. The van der Waals surface area contributed by atoms with E-state index < -0.39 is 0 Å². The largest absolute Gasteiger partial charge is 0.493 e. The topological polar surface area (TPSA) is 69.1 Å². The summed E-state index contributed by atoms with van der Waals surface area (Å²) >= 11 is 0. The second kappa shape index (κ2) is 9.28. The van der Waals surface area contributed by atoms with E-state index in [4.69, 9.17) is 14.2 Å². The lowest BCUT2D eigenvalue weighted by atomic mass is 9.94. The Hall–Kier alpha value is -2.58. The molecule has 8 nitrogen and oxygen atoms in total. The molecule has 3 heterocycles. The van der Waals surface area contributed by atoms with E-state index in [1.807, 2.05) is 48.8 Å². The zero-order valence-electron chi connectivity index (χ0n) is 18.8. The molecule has 0 radical (unpaired) electrons. The van der Waals surface area contributed by atoms with Crippen LogP contribution in [0.3, 0.4) is 0 Å². The van der Waals surface area contributed by atoms with Crippen LogP contribution >= 0.6 is 0 Å². The molecule has 4 rings (SSSR count). The minimum atomic E-state index is -0.256. The van der Waals surface area contributed by atoms with Gasteiger partial charge in [-0.15, -0.1) is 0 Å². The molecule has 1 amide bonds. The van der Waals surface area contributed by atoms with Crippen LogP contribution in [0, 0.1) is 0 Å². The molecule has 0 saturated carbocycles. The molecule has 1 saturated heterocycles. The Balaban J connectivity index is 1.54. The quantitative estimate of drug-likeness (QED) is 0.703. The van der Waals surface area contributed by atoms with Crippen LogP contribution in [0.2, 0.25) is 0 Å². The van der Waals surface area contributed by atoms with Gasteiger partial charge in [-0.3, -0.25) is 14.4 Å². The number of amides is 1. The van der Waals surface area contributed by atoms with E-state index in [0.717, 1.165) is 41.4 Å². The summed E-state index contributed by atoms with van der Waals surface area (Å²) in [5, 5.41) is 4.63. The molecule has 8 heteroatoms. The third-order valence-corrected chi connectivity index (χ3v) is 5.72. The second-order valence-electron chi connectivity index (χ2n) is 8.52. The first-order chi connectivity index (χ1) is 14.9. The first-order valence-electron chi connectivity index (χ1n) is 10.9. The summed E-state index contributed by atoms with van der Waals surface area (Å²) in [5.41, 5.74) is 3.15. The Morgan fingerprint density at radius 2 is 2.03 bits per heavy atom. The second-order valence-corrected chi connectivity index (χ2v) is 8.52. The summed E-state index contributed by atoms with van der Waals surface area (Å²) in [6.45, 7) is 8.62. The minimum Gasteiger partial charge on any atom is -0.493 e. The zero-order chi connectivity index (χ0) is 22.0. The van der Waals surface area contributed by atoms with Crippen LogP contribution in [-0.4, -0.2) is 71.5 Å². The van der Waals surface area contributed by atoms with Crippen LogP contribution in [-0.2, 0) is 29.7 Å². The SMILES string of the molecule is COc1cc(CN2Cc3cn(C)nc3[C@H](C(=O)N3CCOCC3)C2)ccc1OC(C)C. The van der Waals surface area contributed by atoms with Gasteiger partial charge in [0.25, 0.3) is 0 Å². The van der Waals surface area contributed by atoms with E-state index in [0.29, 0.717) is 32.8 Å². The number of morpholine rings is 1. The number of benzene rings is 1. The van der Waals surface area contributed by atoms with Crippen molar-refractivity contribution in [2.75, 3.05) is 40.0 Å². The van der Waals surface area contributed by atoms with Crippen molar-refractivity contribution in [3.05, 3.63) is 41.2 Å². The summed E-state index contributed by atoms with van der Waals surface area (Å²) in [7, 11) is 3.57. The van der Waals surface area contributed by atoms with Gasteiger partial charge in [0.1, 0.15) is 0 Å². The molecule has 0 spiro atoms. The highest BCUT2D eigenvalue weighted by molar-refractivity contribution is 5.84. The highest BCUT2D eigenvalue weighted by atomic mass is 16.5. The zero-order valence-corrected chi connectivity index (χ0v) is 18.8. The van der Waals surface area contributed by atoms with Crippen LogP contribution < -0.4 is 9.47 Å². The maximum atomic E-state index is 13.3. The van der Waals surface area contributed by atoms with Crippen molar-refractivity contribution < 1.29 is 19.0 Å². The van der Waals surface area contributed by atoms with Crippen molar-refractivity contribution in [1.29, 1.82) is 0 Å². The molecule has 2 aliphatic rings. The van der Waals surface area contributed by atoms with E-state index in [1.165, 1.54) is 0 Å². The number of carbonyl (C=O) groups is 1. The van der Waals surface area contributed by atoms with E-state index in [-0.39, 0.29) is 17.9 Å². The lowest BCUT2D eigenvalue weighted by Crippen LogP contribution is -2.47. The normalized spacial score (nSPS) is 19.4. The smallest absolute Gasteiger partial charge is 0.233 e. The molecule has 0 aliphatic carbocycles. The van der Waals surface area contributed by atoms with Crippen molar-refractivity contribution >= 4 is 5.91 Å². The van der Waals surface area contributed by atoms with Crippen molar-refractivity contribution in [3.8, 4) is 11.5 Å². The third kappa shape index (κ3) is 4.85. The maximum absolute atomic E-state index is 13.3. The fourth-order valence-electron chi connectivity index (χ4n) is 4.36. The Labute approximate surface area is 183 Å². The number of aryl methyl sites for hydroxylation is 1. The van der Waals surface area contributed by atoms with Gasteiger partial charge in [0.15, 0.2) is 11.5 Å². The van der Waals surface area contributed by atoms with Crippen molar-refractivity contribution in [3.63, 3.8) is 0 Å². The average Bonchev–Trinajstić information content (AvgIpc) is 3.14. The number of rotatable bonds is 6. The number of aromatic nitrogens is 2. The summed E-state index contributed by atoms with van der Waals surface area (Å²) < 4.78 is 18.6. The number of carbonyl (C=O) groups excluding carboxylic acids is 1. The van der Waals surface area contributed by atoms with Gasteiger partial charge >= 0.3 is 0 Å². The third-order valence-electron chi connectivity index (χ3n) is 5.72. The monoisotopic (exact) mass is 428 g/mol. The fourth-order valence-corrected chi connectivity index (χ4v) is 4.36. The first-order valence-corrected chi connectivity index (χ1v) is 10.9. The van der Waals surface area contributed by atoms with Gasteiger partial charge < -0.3 is 19.1 Å². The molecule has 1 aromatic carbocycles. The first kappa shape index (κ1) is 21.6. The van der Waals surface area contributed by atoms with Crippen molar-refractivity contribution in [2.45, 2.75) is 39.0 Å². The molecular formula is C23H32N4O4. The maximum Gasteiger partial charge on any atom is 0.233 e. The number of hydrogen-bond donors (Lipinski definition) is 0. The molecule has 1 atom stereocenters. The molecule has 0 N–H and O–H groups in total. The molecule has 168 valence electrons. The van der Waals surface area contributed by atoms with E-state index >= 15 is 0 Å². The predicted molar refractivity (Wildman–Crippen MR) is 116 cm³/mol. The number of ether oxygens (including phenoxy) is 3. The summed E-state index contributed by atoms with van der Waals surface area (Å²) in [6.07, 6.45) is 2.11. The van der Waals surface area contributed by atoms with E-state index in [2.05, 4.69) is 16.1 Å². The highest BCUT2D eigenvalue weighted by Crippen LogP contribution is 2.32. The van der Waals surface area contributed by atoms with Crippen molar-refractivity contribution in [2.24, 2.45) is 7.05 Å². The van der Waals surface area contributed by atoms with Crippen LogP contribution in [0.1, 0.15) is 36.6 Å². The Morgan fingerprint density at radius 3 is 2.74 bits per heavy atom. The minimum absolute atomic E-state index is 0.0813. The van der Waals surface area contributed by atoms with Crippen LogP contribution in [0.5, 0.6) is 11.5 Å². The van der Waals surface area contributed by atoms with Gasteiger partial charge in [-0.25, -0.2) is 0 Å². The summed E-state index contributed by atoms with van der Waals surface area (Å²) in [4.78, 5) is 17.6. The molecule has 0 unspecified atom stereocenters. The van der Waals surface area contributed by atoms with Gasteiger partial charge in [-0.2, -0.15) is 5.10 Å². The van der Waals surface area contributed by atoms with Crippen LogP contribution in [0.4, 0.5) is 0 Å². The Bertz CT molecular complexity index is 920. The number of methoxy groups -OCH3 is 1. The average molecular weight is 429 g/mol. The van der Waals surface area contributed by atoms with Crippen LogP contribution in [0.15, 0.2) is 24.4 Å². The Morgan fingerprint density at radius 1 is 1.26 bits per heavy atom. The summed E-state index contributed by atoms with van der Waals surface area (Å²) in [6, 6.07) is 6.05. The van der Waals surface area contributed by atoms with Gasteiger partial charge in [-0.05, 0) is 31.5 Å². The molecule has 0 bridgehead atoms. The lowest BCUT2D eigenvalue weighted by molar-refractivity contribution is -0.137. The van der Waals surface area contributed by atoms with Gasteiger partial charge in [-0.1, -0.05) is 6.07 Å². The molecule has 1 fully saturated rings. The standard InChI is InChI=1S/C23H32N4O4/c1-16(2)31-20-6-5-17(11-21(20)29-4)12-26-14-18-13-25(3)24-22(18)19(15-26)23(28)27-7-9-30-10-8-27/h5-6,11,13,16,19H,7-10,12,14-15H2,1-4H3/t19-/m1/s1.